The van der Waals surface area contributed by atoms with Gasteiger partial charge in [-0.05, 0) is 6.08 Å². The van der Waals surface area contributed by atoms with Crippen molar-refractivity contribution in [2.45, 2.75) is 12.5 Å². The van der Waals surface area contributed by atoms with Crippen LogP contribution in [0.15, 0.2) is 34.9 Å². The number of hydrogen-bond acceptors (Lipinski definition) is 5. The van der Waals surface area contributed by atoms with Gasteiger partial charge in [0.05, 0.1) is 18.4 Å². The van der Waals surface area contributed by atoms with E-state index in [0.29, 0.717) is 6.54 Å². The molecule has 1 aliphatic rings. The van der Waals surface area contributed by atoms with E-state index in [1.165, 1.54) is 24.1 Å². The van der Waals surface area contributed by atoms with Crippen molar-refractivity contribution in [3.63, 3.8) is 0 Å². The number of aliphatic carboxylic acids is 1. The van der Waals surface area contributed by atoms with Gasteiger partial charge in [0, 0.05) is 13.6 Å². The van der Waals surface area contributed by atoms with Gasteiger partial charge in [-0.3, -0.25) is 14.2 Å². The van der Waals surface area contributed by atoms with Gasteiger partial charge in [-0.25, -0.2) is 4.98 Å². The predicted octanol–water partition coefficient (Wildman–Crippen LogP) is 1.41. The van der Waals surface area contributed by atoms with Crippen molar-refractivity contribution in [1.82, 2.24) is 14.5 Å². The quantitative estimate of drug-likeness (QED) is 0.797. The molecule has 0 saturated heterocycles. The van der Waals surface area contributed by atoms with E-state index in [9.17, 15) is 18.4 Å². The maximum Gasteiger partial charge on any atom is 0.323 e. The first kappa shape index (κ1) is 17.9. The number of likely N-dealkylation sites (N-methyl/N-ethyl adjacent to an activating group) is 1. The third-order valence-electron chi connectivity index (χ3n) is 3.33. The Labute approximate surface area is 140 Å². The summed E-state index contributed by atoms with van der Waals surface area (Å²) in [6.45, 7) is -1.20. The second-order valence-corrected chi connectivity index (χ2v) is 5.52. The average Bonchev–Trinajstić information content (AvgIpc) is 2.50. The summed E-state index contributed by atoms with van der Waals surface area (Å²) < 4.78 is 29.3. The highest BCUT2D eigenvalue weighted by atomic mass is 35.5. The molecule has 0 amide bonds. The molecule has 0 atom stereocenters. The molecule has 0 unspecified atom stereocenters. The van der Waals surface area contributed by atoms with Gasteiger partial charge in [0.2, 0.25) is 0 Å². The predicted molar refractivity (Wildman–Crippen MR) is 84.4 cm³/mol. The number of carboxylic acid groups (broad SMARTS) is 1. The van der Waals surface area contributed by atoms with Gasteiger partial charge in [0.15, 0.2) is 5.82 Å². The molecule has 10 heteroatoms. The molecule has 2 N–H and O–H groups in total. The Morgan fingerprint density at radius 2 is 2.25 bits per heavy atom. The zero-order valence-electron chi connectivity index (χ0n) is 12.7. The van der Waals surface area contributed by atoms with E-state index in [1.54, 1.807) is 6.08 Å². The van der Waals surface area contributed by atoms with E-state index < -0.39 is 36.4 Å². The zero-order chi connectivity index (χ0) is 17.9. The SMILES string of the molecule is CN1CC=CC=C1C(F)(F)CNc1ncc(Cl)n(CC(=O)O)c1=O. The number of anilines is 1. The van der Waals surface area contributed by atoms with Crippen molar-refractivity contribution < 1.29 is 18.7 Å². The van der Waals surface area contributed by atoms with Crippen LogP contribution < -0.4 is 10.9 Å². The Balaban J connectivity index is 2.20. The molecule has 1 aromatic rings. The summed E-state index contributed by atoms with van der Waals surface area (Å²) in [5.74, 6) is -4.93. The van der Waals surface area contributed by atoms with Crippen LogP contribution in [0.5, 0.6) is 0 Å². The highest BCUT2D eigenvalue weighted by molar-refractivity contribution is 6.29. The van der Waals surface area contributed by atoms with E-state index in [4.69, 9.17) is 16.7 Å². The summed E-state index contributed by atoms with van der Waals surface area (Å²) in [4.78, 5) is 27.9. The van der Waals surface area contributed by atoms with E-state index in [1.807, 2.05) is 0 Å². The molecule has 0 radical (unpaired) electrons. The van der Waals surface area contributed by atoms with Crippen molar-refractivity contribution in [3.8, 4) is 0 Å². The number of rotatable bonds is 6. The van der Waals surface area contributed by atoms with Gasteiger partial charge in [-0.15, -0.1) is 0 Å². The smallest absolute Gasteiger partial charge is 0.323 e. The van der Waals surface area contributed by atoms with Crippen LogP contribution in [-0.4, -0.2) is 51.6 Å². The fourth-order valence-corrected chi connectivity index (χ4v) is 2.35. The summed E-state index contributed by atoms with van der Waals surface area (Å²) in [5.41, 5.74) is -1.08. The molecule has 0 saturated carbocycles. The molecule has 0 aromatic carbocycles. The van der Waals surface area contributed by atoms with Crippen LogP contribution in [-0.2, 0) is 11.3 Å². The maximum atomic E-state index is 14.3. The van der Waals surface area contributed by atoms with Crippen LogP contribution in [0, 0.1) is 0 Å². The number of nitrogens with one attached hydrogen (secondary N) is 1. The van der Waals surface area contributed by atoms with Gasteiger partial charge in [-0.1, -0.05) is 23.8 Å². The molecule has 2 rings (SSSR count). The molecule has 1 aromatic heterocycles. The molecule has 1 aliphatic heterocycles. The van der Waals surface area contributed by atoms with Gasteiger partial charge in [0.25, 0.3) is 5.56 Å². The van der Waals surface area contributed by atoms with Crippen LogP contribution >= 0.6 is 11.6 Å². The number of alkyl halides is 2. The Morgan fingerprint density at radius 1 is 1.54 bits per heavy atom. The normalized spacial score (nSPS) is 14.5. The van der Waals surface area contributed by atoms with Crippen LogP contribution in [0.25, 0.3) is 0 Å². The van der Waals surface area contributed by atoms with Gasteiger partial charge in [0.1, 0.15) is 11.7 Å². The zero-order valence-corrected chi connectivity index (χ0v) is 13.4. The van der Waals surface area contributed by atoms with E-state index >= 15 is 0 Å². The first-order valence-corrected chi connectivity index (χ1v) is 7.27. The van der Waals surface area contributed by atoms with Gasteiger partial charge in [-0.2, -0.15) is 8.78 Å². The van der Waals surface area contributed by atoms with Crippen molar-refractivity contribution in [1.29, 1.82) is 0 Å². The Hall–Kier alpha value is -2.42. The topological polar surface area (TPSA) is 87.5 Å². The molecule has 0 spiro atoms. The Bertz CT molecular complexity index is 761. The third-order valence-corrected chi connectivity index (χ3v) is 3.63. The molecule has 24 heavy (non-hydrogen) atoms. The van der Waals surface area contributed by atoms with Crippen LogP contribution in [0.4, 0.5) is 14.6 Å². The van der Waals surface area contributed by atoms with Crippen LogP contribution in [0.2, 0.25) is 5.15 Å². The minimum Gasteiger partial charge on any atom is -0.480 e. The lowest BCUT2D eigenvalue weighted by Gasteiger charge is -2.30. The fourth-order valence-electron chi connectivity index (χ4n) is 2.16. The number of aromatic nitrogens is 2. The maximum absolute atomic E-state index is 14.3. The lowest BCUT2D eigenvalue weighted by atomic mass is 10.1. The molecule has 0 bridgehead atoms. The first-order valence-electron chi connectivity index (χ1n) is 6.89. The molecule has 2 heterocycles. The highest BCUT2D eigenvalue weighted by Gasteiger charge is 2.37. The second kappa shape index (κ2) is 7.00. The summed E-state index contributed by atoms with van der Waals surface area (Å²) in [5, 5.41) is 10.8. The lowest BCUT2D eigenvalue weighted by Crippen LogP contribution is -2.39. The number of carbonyl (C=O) groups is 1. The number of nitrogens with zero attached hydrogens (tertiary/aromatic N) is 3. The van der Waals surface area contributed by atoms with E-state index in [-0.39, 0.29) is 10.9 Å². The lowest BCUT2D eigenvalue weighted by molar-refractivity contribution is -0.137. The number of carboxylic acids is 1. The molecule has 7 nitrogen and oxygen atoms in total. The molecular weight excluding hydrogens is 346 g/mol. The Kier molecular flexibility index (Phi) is 5.23. The third kappa shape index (κ3) is 3.91. The van der Waals surface area contributed by atoms with E-state index in [0.717, 1.165) is 10.8 Å². The molecule has 0 fully saturated rings. The first-order chi connectivity index (χ1) is 11.2. The molecular formula is C14H15ClF2N4O3. The minimum atomic E-state index is -3.25. The monoisotopic (exact) mass is 360 g/mol. The minimum absolute atomic E-state index is 0.195. The standard InChI is InChI=1S/C14H15ClF2N4O3/c1-20-5-3-2-4-9(20)14(16,17)8-19-12-13(24)21(7-11(22)23)10(15)6-18-12/h2-4,6H,5,7-8H2,1H3,(H,18,19)(H,22,23). The summed E-state index contributed by atoms with van der Waals surface area (Å²) in [6, 6.07) is 0. The Morgan fingerprint density at radius 3 is 2.88 bits per heavy atom. The number of halogens is 3. The highest BCUT2D eigenvalue weighted by Crippen LogP contribution is 2.28. The van der Waals surface area contributed by atoms with Crippen LogP contribution in [0.1, 0.15) is 0 Å². The fraction of sp³-hybridized carbons (Fsp3) is 0.357. The largest absolute Gasteiger partial charge is 0.480 e. The molecule has 0 aliphatic carbocycles. The number of allylic oxidation sites excluding steroid dienone is 2. The molecule has 130 valence electrons. The second-order valence-electron chi connectivity index (χ2n) is 5.13. The summed E-state index contributed by atoms with van der Waals surface area (Å²) >= 11 is 5.71. The average molecular weight is 361 g/mol. The van der Waals surface area contributed by atoms with Gasteiger partial charge >= 0.3 is 11.9 Å². The van der Waals surface area contributed by atoms with Gasteiger partial charge < -0.3 is 15.3 Å². The van der Waals surface area contributed by atoms with Crippen LogP contribution in [0.3, 0.4) is 0 Å². The van der Waals surface area contributed by atoms with Crippen molar-refractivity contribution >= 4 is 23.4 Å². The number of hydrogen-bond donors (Lipinski definition) is 2. The summed E-state index contributed by atoms with van der Waals surface area (Å²) in [6.07, 6.45) is 5.59. The summed E-state index contributed by atoms with van der Waals surface area (Å²) in [7, 11) is 1.53. The van der Waals surface area contributed by atoms with Crippen molar-refractivity contribution in [2.75, 3.05) is 25.5 Å². The van der Waals surface area contributed by atoms with Crippen molar-refractivity contribution in [3.05, 3.63) is 45.6 Å². The van der Waals surface area contributed by atoms with Crippen molar-refractivity contribution in [2.24, 2.45) is 0 Å². The van der Waals surface area contributed by atoms with E-state index in [2.05, 4.69) is 10.3 Å².